The van der Waals surface area contributed by atoms with Crippen LogP contribution in [0.4, 0.5) is 11.6 Å². The van der Waals surface area contributed by atoms with Crippen molar-refractivity contribution in [2.24, 2.45) is 0 Å². The summed E-state index contributed by atoms with van der Waals surface area (Å²) in [6.07, 6.45) is 0.305. The molecule has 1 aromatic heterocycles. The minimum atomic E-state index is -0.123. The third-order valence-corrected chi connectivity index (χ3v) is 3.78. The van der Waals surface area contributed by atoms with Crippen molar-refractivity contribution in [2.45, 2.75) is 13.0 Å². The number of benzene rings is 2. The van der Waals surface area contributed by atoms with Crippen molar-refractivity contribution in [3.05, 3.63) is 82.9 Å². The summed E-state index contributed by atoms with van der Waals surface area (Å²) in [5.41, 5.74) is 2.04. The number of rotatable bonds is 6. The Morgan fingerprint density at radius 3 is 2.20 bits per heavy atom. The van der Waals surface area contributed by atoms with Gasteiger partial charge in [-0.15, -0.1) is 10.2 Å². The molecule has 3 rings (SSSR count). The molecule has 0 saturated heterocycles. The zero-order valence-electron chi connectivity index (χ0n) is 13.4. The van der Waals surface area contributed by atoms with Crippen molar-refractivity contribution in [1.82, 2.24) is 10.2 Å². The smallest absolute Gasteiger partial charge is 0.229 e. The van der Waals surface area contributed by atoms with E-state index in [0.717, 1.165) is 11.1 Å². The summed E-state index contributed by atoms with van der Waals surface area (Å²) in [6, 6.07) is 20.6. The first-order chi connectivity index (χ1) is 12.2. The highest BCUT2D eigenvalue weighted by Gasteiger charge is 2.05. The molecule has 0 bridgehead atoms. The predicted molar refractivity (Wildman–Crippen MR) is 99.6 cm³/mol. The van der Waals surface area contributed by atoms with Crippen molar-refractivity contribution in [3.63, 3.8) is 0 Å². The first kappa shape index (κ1) is 16.9. The Kier molecular flexibility index (Phi) is 5.59. The summed E-state index contributed by atoms with van der Waals surface area (Å²) < 4.78 is 0. The van der Waals surface area contributed by atoms with E-state index < -0.39 is 0 Å². The van der Waals surface area contributed by atoms with Gasteiger partial charge < -0.3 is 10.6 Å². The molecule has 126 valence electrons. The summed E-state index contributed by atoms with van der Waals surface area (Å²) in [5.74, 6) is 0.941. The Bertz CT molecular complexity index is 820. The molecule has 2 N–H and O–H groups in total. The normalized spacial score (nSPS) is 10.3. The van der Waals surface area contributed by atoms with E-state index in [2.05, 4.69) is 20.8 Å². The maximum Gasteiger partial charge on any atom is 0.229 e. The fraction of sp³-hybridized carbons (Fsp3) is 0.105. The van der Waals surface area contributed by atoms with Gasteiger partial charge in [0.25, 0.3) is 0 Å². The molecule has 25 heavy (non-hydrogen) atoms. The molecule has 0 fully saturated rings. The molecule has 5 nitrogen and oxygen atoms in total. The Hall–Kier alpha value is -2.92. The highest BCUT2D eigenvalue weighted by Crippen LogP contribution is 2.12. The minimum absolute atomic E-state index is 0.123. The van der Waals surface area contributed by atoms with Crippen LogP contribution < -0.4 is 10.6 Å². The molecule has 3 aromatic rings. The van der Waals surface area contributed by atoms with Crippen molar-refractivity contribution in [3.8, 4) is 0 Å². The topological polar surface area (TPSA) is 66.9 Å². The van der Waals surface area contributed by atoms with Crippen LogP contribution in [0.3, 0.4) is 0 Å². The van der Waals surface area contributed by atoms with Crippen molar-refractivity contribution < 1.29 is 4.79 Å². The van der Waals surface area contributed by atoms with E-state index >= 15 is 0 Å². The standard InChI is InChI=1S/C19H17ClN4O/c20-16-8-6-15(7-9-16)13-21-17-10-11-18(24-23-17)22-19(25)12-14-4-2-1-3-5-14/h1-11H,12-13H2,(H,21,23)(H,22,24,25). The average Bonchev–Trinajstić information content (AvgIpc) is 2.63. The Labute approximate surface area is 151 Å². The summed E-state index contributed by atoms with van der Waals surface area (Å²) in [6.45, 7) is 0.617. The Morgan fingerprint density at radius 2 is 1.52 bits per heavy atom. The van der Waals surface area contributed by atoms with Gasteiger partial charge in [-0.05, 0) is 35.4 Å². The molecule has 0 aliphatic rings. The van der Waals surface area contributed by atoms with Crippen LogP contribution in [-0.2, 0) is 17.8 Å². The fourth-order valence-corrected chi connectivity index (χ4v) is 2.38. The summed E-state index contributed by atoms with van der Waals surface area (Å²) in [7, 11) is 0. The van der Waals surface area contributed by atoms with Crippen molar-refractivity contribution in [2.75, 3.05) is 10.6 Å². The second-order valence-corrected chi connectivity index (χ2v) is 5.93. The van der Waals surface area contributed by atoms with Crippen LogP contribution in [0.25, 0.3) is 0 Å². The molecule has 0 aliphatic heterocycles. The summed E-state index contributed by atoms with van der Waals surface area (Å²) in [5, 5.41) is 14.7. The van der Waals surface area contributed by atoms with Crippen LogP contribution >= 0.6 is 11.6 Å². The van der Waals surface area contributed by atoms with Crippen LogP contribution in [-0.4, -0.2) is 16.1 Å². The van der Waals surface area contributed by atoms with Crippen LogP contribution in [0.2, 0.25) is 5.02 Å². The zero-order chi connectivity index (χ0) is 17.5. The molecule has 0 atom stereocenters. The van der Waals surface area contributed by atoms with E-state index in [0.29, 0.717) is 29.6 Å². The molecule has 2 aromatic carbocycles. The number of amides is 1. The van der Waals surface area contributed by atoms with Crippen molar-refractivity contribution in [1.29, 1.82) is 0 Å². The Balaban J connectivity index is 1.51. The van der Waals surface area contributed by atoms with Gasteiger partial charge in [0.05, 0.1) is 6.42 Å². The molecule has 1 amide bonds. The van der Waals surface area contributed by atoms with Gasteiger partial charge in [-0.3, -0.25) is 4.79 Å². The van der Waals surface area contributed by atoms with Gasteiger partial charge >= 0.3 is 0 Å². The van der Waals surface area contributed by atoms with Crippen LogP contribution in [0, 0.1) is 0 Å². The average molecular weight is 353 g/mol. The number of carbonyl (C=O) groups is 1. The second-order valence-electron chi connectivity index (χ2n) is 5.49. The first-order valence-corrected chi connectivity index (χ1v) is 8.23. The third kappa shape index (κ3) is 5.29. The van der Waals surface area contributed by atoms with Crippen LogP contribution in [0.15, 0.2) is 66.7 Å². The lowest BCUT2D eigenvalue weighted by Crippen LogP contribution is -2.15. The van der Waals surface area contributed by atoms with Crippen molar-refractivity contribution >= 4 is 29.1 Å². The fourth-order valence-electron chi connectivity index (χ4n) is 2.26. The number of nitrogens with one attached hydrogen (secondary N) is 2. The lowest BCUT2D eigenvalue weighted by molar-refractivity contribution is -0.115. The largest absolute Gasteiger partial charge is 0.365 e. The summed E-state index contributed by atoms with van der Waals surface area (Å²) in [4.78, 5) is 12.0. The highest BCUT2D eigenvalue weighted by molar-refractivity contribution is 6.30. The number of aromatic nitrogens is 2. The van der Waals surface area contributed by atoms with Gasteiger partial charge in [-0.1, -0.05) is 54.1 Å². The number of hydrogen-bond donors (Lipinski definition) is 2. The molecule has 1 heterocycles. The molecule has 0 spiro atoms. The molecule has 6 heteroatoms. The SMILES string of the molecule is O=C(Cc1ccccc1)Nc1ccc(NCc2ccc(Cl)cc2)nn1. The monoisotopic (exact) mass is 352 g/mol. The molecule has 0 aliphatic carbocycles. The first-order valence-electron chi connectivity index (χ1n) is 7.85. The van der Waals surface area contributed by atoms with Gasteiger partial charge in [-0.25, -0.2) is 0 Å². The highest BCUT2D eigenvalue weighted by atomic mass is 35.5. The molecular weight excluding hydrogens is 336 g/mol. The van der Waals surface area contributed by atoms with Gasteiger partial charge in [0.1, 0.15) is 5.82 Å². The third-order valence-electron chi connectivity index (χ3n) is 3.53. The second kappa shape index (κ2) is 8.26. The summed E-state index contributed by atoms with van der Waals surface area (Å²) >= 11 is 5.86. The number of anilines is 2. The predicted octanol–water partition coefficient (Wildman–Crippen LogP) is 3.92. The van der Waals surface area contributed by atoms with E-state index in [9.17, 15) is 4.79 Å². The lowest BCUT2D eigenvalue weighted by atomic mass is 10.1. The van der Waals surface area contributed by atoms with E-state index in [1.807, 2.05) is 54.6 Å². The molecule has 0 unspecified atom stereocenters. The van der Waals surface area contributed by atoms with Crippen LogP contribution in [0.1, 0.15) is 11.1 Å². The minimum Gasteiger partial charge on any atom is -0.365 e. The zero-order valence-corrected chi connectivity index (χ0v) is 14.2. The number of carbonyl (C=O) groups excluding carboxylic acids is 1. The molecular formula is C19H17ClN4O. The Morgan fingerprint density at radius 1 is 0.840 bits per heavy atom. The van der Waals surface area contributed by atoms with E-state index in [-0.39, 0.29) is 5.91 Å². The van der Waals surface area contributed by atoms with Gasteiger partial charge in [0.2, 0.25) is 5.91 Å². The lowest BCUT2D eigenvalue weighted by Gasteiger charge is -2.07. The number of halogens is 1. The van der Waals surface area contributed by atoms with Crippen LogP contribution in [0.5, 0.6) is 0 Å². The van der Waals surface area contributed by atoms with Gasteiger partial charge in [0, 0.05) is 11.6 Å². The molecule has 0 saturated carbocycles. The maximum atomic E-state index is 12.0. The van der Waals surface area contributed by atoms with E-state index in [1.165, 1.54) is 0 Å². The van der Waals surface area contributed by atoms with Gasteiger partial charge in [0.15, 0.2) is 5.82 Å². The van der Waals surface area contributed by atoms with E-state index in [4.69, 9.17) is 11.6 Å². The quantitative estimate of drug-likeness (QED) is 0.705. The van der Waals surface area contributed by atoms with Gasteiger partial charge in [-0.2, -0.15) is 0 Å². The molecule has 0 radical (unpaired) electrons. The number of hydrogen-bond acceptors (Lipinski definition) is 4. The maximum absolute atomic E-state index is 12.0. The number of nitrogens with zero attached hydrogens (tertiary/aromatic N) is 2. The van der Waals surface area contributed by atoms with E-state index in [1.54, 1.807) is 12.1 Å².